The molecule has 0 spiro atoms. The standard InChI is InChI=1S/C10H10N2O/c11-7-6-10(13)12-8-9-4-2-1-3-5-9/h1-6,11H,8H2,(H,12,13). The van der Waals surface area contributed by atoms with Crippen LogP contribution in [0.3, 0.4) is 0 Å². The molecule has 0 fully saturated rings. The predicted molar refractivity (Wildman–Crippen MR) is 50.6 cm³/mol. The molecule has 0 aromatic heterocycles. The van der Waals surface area contributed by atoms with Gasteiger partial charge in [0.1, 0.15) is 0 Å². The number of carbonyl (C=O) groups is 1. The van der Waals surface area contributed by atoms with Gasteiger partial charge in [0.25, 0.3) is 5.91 Å². The van der Waals surface area contributed by atoms with Crippen molar-refractivity contribution in [2.45, 2.75) is 6.54 Å². The Balaban J connectivity index is 2.44. The van der Waals surface area contributed by atoms with Gasteiger partial charge in [-0.3, -0.25) is 10.2 Å². The first-order chi connectivity index (χ1) is 6.33. The Hall–Kier alpha value is -1.86. The lowest BCUT2D eigenvalue weighted by Crippen LogP contribution is -2.20. The summed E-state index contributed by atoms with van der Waals surface area (Å²) in [7, 11) is 0. The van der Waals surface area contributed by atoms with Crippen LogP contribution >= 0.6 is 0 Å². The van der Waals surface area contributed by atoms with Crippen molar-refractivity contribution in [3.63, 3.8) is 0 Å². The molecule has 3 heteroatoms. The molecule has 0 aliphatic carbocycles. The van der Waals surface area contributed by atoms with E-state index in [4.69, 9.17) is 5.41 Å². The zero-order chi connectivity index (χ0) is 9.52. The lowest BCUT2D eigenvalue weighted by molar-refractivity contribution is -0.116. The molecule has 1 aromatic carbocycles. The Morgan fingerprint density at radius 2 is 2.15 bits per heavy atom. The predicted octanol–water partition coefficient (Wildman–Crippen LogP) is 1.11. The molecule has 0 saturated heterocycles. The first-order valence-corrected chi connectivity index (χ1v) is 3.90. The Labute approximate surface area is 76.6 Å². The van der Waals surface area contributed by atoms with Gasteiger partial charge in [-0.15, -0.1) is 0 Å². The van der Waals surface area contributed by atoms with Crippen LogP contribution in [0, 0.1) is 5.41 Å². The van der Waals surface area contributed by atoms with Gasteiger partial charge in [-0.25, -0.2) is 0 Å². The SMILES string of the molecule is N=C=CC(=O)NCc1ccccc1. The van der Waals surface area contributed by atoms with Gasteiger partial charge in [0.15, 0.2) is 0 Å². The maximum atomic E-state index is 10.9. The van der Waals surface area contributed by atoms with Crippen molar-refractivity contribution in [3.05, 3.63) is 42.0 Å². The van der Waals surface area contributed by atoms with E-state index in [1.807, 2.05) is 36.2 Å². The molecule has 1 rings (SSSR count). The molecule has 0 heterocycles. The van der Waals surface area contributed by atoms with Gasteiger partial charge in [-0.05, 0) is 11.4 Å². The van der Waals surface area contributed by atoms with Gasteiger partial charge in [0.2, 0.25) is 0 Å². The van der Waals surface area contributed by atoms with Crippen LogP contribution in [0.4, 0.5) is 0 Å². The molecule has 2 N–H and O–H groups in total. The van der Waals surface area contributed by atoms with Crippen LogP contribution in [0.15, 0.2) is 36.4 Å². The van der Waals surface area contributed by atoms with E-state index in [1.54, 1.807) is 0 Å². The summed E-state index contributed by atoms with van der Waals surface area (Å²) in [6.45, 7) is 0.484. The first-order valence-electron chi connectivity index (χ1n) is 3.90. The first kappa shape index (κ1) is 9.23. The number of hydrogen-bond donors (Lipinski definition) is 2. The highest BCUT2D eigenvalue weighted by atomic mass is 16.1. The van der Waals surface area contributed by atoms with Crippen LogP contribution in [0.25, 0.3) is 0 Å². The molecule has 13 heavy (non-hydrogen) atoms. The summed E-state index contributed by atoms with van der Waals surface area (Å²) in [6.07, 6.45) is 1.06. The molecule has 1 aromatic rings. The van der Waals surface area contributed by atoms with Gasteiger partial charge in [-0.2, -0.15) is 0 Å². The fraction of sp³-hybridized carbons (Fsp3) is 0.100. The van der Waals surface area contributed by atoms with E-state index in [2.05, 4.69) is 5.32 Å². The van der Waals surface area contributed by atoms with Crippen molar-refractivity contribution in [2.24, 2.45) is 0 Å². The fourth-order valence-electron chi connectivity index (χ4n) is 0.902. The van der Waals surface area contributed by atoms with E-state index in [1.165, 1.54) is 0 Å². The van der Waals surface area contributed by atoms with E-state index in [9.17, 15) is 4.79 Å². The second-order valence-corrected chi connectivity index (χ2v) is 2.49. The van der Waals surface area contributed by atoms with E-state index < -0.39 is 0 Å². The second-order valence-electron chi connectivity index (χ2n) is 2.49. The minimum Gasteiger partial charge on any atom is -0.348 e. The van der Waals surface area contributed by atoms with Crippen LogP contribution in [0.5, 0.6) is 0 Å². The van der Waals surface area contributed by atoms with Crippen molar-refractivity contribution >= 4 is 11.8 Å². The number of nitrogens with one attached hydrogen (secondary N) is 2. The highest BCUT2D eigenvalue weighted by molar-refractivity contribution is 5.94. The van der Waals surface area contributed by atoms with Crippen LogP contribution < -0.4 is 5.32 Å². The zero-order valence-electron chi connectivity index (χ0n) is 7.08. The Morgan fingerprint density at radius 3 is 2.77 bits per heavy atom. The van der Waals surface area contributed by atoms with Crippen LogP contribution in [0.2, 0.25) is 0 Å². The Morgan fingerprint density at radius 1 is 1.46 bits per heavy atom. The molecule has 0 aliphatic rings. The van der Waals surface area contributed by atoms with Crippen molar-refractivity contribution < 1.29 is 4.79 Å². The quantitative estimate of drug-likeness (QED) is 0.523. The van der Waals surface area contributed by atoms with Crippen molar-refractivity contribution in [1.82, 2.24) is 5.32 Å². The maximum Gasteiger partial charge on any atom is 0.253 e. The van der Waals surface area contributed by atoms with Gasteiger partial charge in [-0.1, -0.05) is 30.3 Å². The highest BCUT2D eigenvalue weighted by Crippen LogP contribution is 1.96. The molecular weight excluding hydrogens is 164 g/mol. The third-order valence-electron chi connectivity index (χ3n) is 1.51. The number of carbonyl (C=O) groups excluding carboxylic acids is 1. The molecule has 0 aliphatic heterocycles. The summed E-state index contributed by atoms with van der Waals surface area (Å²) in [5.74, 6) is 1.62. The average molecular weight is 174 g/mol. The van der Waals surface area contributed by atoms with Crippen LogP contribution in [-0.4, -0.2) is 11.8 Å². The fourth-order valence-corrected chi connectivity index (χ4v) is 0.902. The van der Waals surface area contributed by atoms with Crippen molar-refractivity contribution in [2.75, 3.05) is 0 Å². The molecule has 0 bridgehead atoms. The molecule has 0 unspecified atom stereocenters. The number of rotatable bonds is 3. The summed E-state index contributed by atoms with van der Waals surface area (Å²) < 4.78 is 0. The summed E-state index contributed by atoms with van der Waals surface area (Å²) in [5.41, 5.74) is 1.04. The number of benzene rings is 1. The highest BCUT2D eigenvalue weighted by Gasteiger charge is 1.94. The van der Waals surface area contributed by atoms with Gasteiger partial charge < -0.3 is 5.32 Å². The Kier molecular flexibility index (Phi) is 3.48. The molecule has 3 nitrogen and oxygen atoms in total. The van der Waals surface area contributed by atoms with Gasteiger partial charge in [0.05, 0.1) is 6.08 Å². The van der Waals surface area contributed by atoms with Crippen LogP contribution in [0.1, 0.15) is 5.56 Å². The average Bonchev–Trinajstić information content (AvgIpc) is 2.17. The maximum absolute atomic E-state index is 10.9. The third-order valence-corrected chi connectivity index (χ3v) is 1.51. The van der Waals surface area contributed by atoms with Crippen molar-refractivity contribution in [3.8, 4) is 0 Å². The minimum absolute atomic E-state index is 0.293. The van der Waals surface area contributed by atoms with E-state index >= 15 is 0 Å². The normalized spacial score (nSPS) is 8.62. The van der Waals surface area contributed by atoms with Crippen LogP contribution in [-0.2, 0) is 11.3 Å². The van der Waals surface area contributed by atoms with Gasteiger partial charge in [0, 0.05) is 6.54 Å². The lowest BCUT2D eigenvalue weighted by Gasteiger charge is -2.00. The summed E-state index contributed by atoms with van der Waals surface area (Å²) in [6, 6.07) is 9.59. The topological polar surface area (TPSA) is 53.0 Å². The van der Waals surface area contributed by atoms with E-state index in [-0.39, 0.29) is 5.91 Å². The van der Waals surface area contributed by atoms with Crippen molar-refractivity contribution in [1.29, 1.82) is 5.41 Å². The second kappa shape index (κ2) is 4.91. The molecule has 1 amide bonds. The number of amides is 1. The minimum atomic E-state index is -0.293. The summed E-state index contributed by atoms with van der Waals surface area (Å²) in [4.78, 5) is 10.9. The molecule has 66 valence electrons. The molecule has 0 atom stereocenters. The molecular formula is C10H10N2O. The monoisotopic (exact) mass is 174 g/mol. The smallest absolute Gasteiger partial charge is 0.253 e. The summed E-state index contributed by atoms with van der Waals surface area (Å²) >= 11 is 0. The largest absolute Gasteiger partial charge is 0.348 e. The lowest BCUT2D eigenvalue weighted by atomic mass is 10.2. The Bertz CT molecular complexity index is 326. The summed E-state index contributed by atoms with van der Waals surface area (Å²) in [5, 5.41) is 9.17. The molecule has 0 radical (unpaired) electrons. The number of hydrogen-bond acceptors (Lipinski definition) is 2. The van der Waals surface area contributed by atoms with E-state index in [0.29, 0.717) is 6.54 Å². The third kappa shape index (κ3) is 3.36. The van der Waals surface area contributed by atoms with E-state index in [0.717, 1.165) is 11.6 Å². The van der Waals surface area contributed by atoms with Gasteiger partial charge >= 0.3 is 0 Å². The molecule has 0 saturated carbocycles. The zero-order valence-corrected chi connectivity index (χ0v) is 7.08.